The van der Waals surface area contributed by atoms with E-state index in [1.165, 1.54) is 16.7 Å². The molecule has 0 spiro atoms. The van der Waals surface area contributed by atoms with E-state index in [4.69, 9.17) is 5.73 Å². The van der Waals surface area contributed by atoms with Gasteiger partial charge in [-0.3, -0.25) is 0 Å². The average Bonchev–Trinajstić information content (AvgIpc) is 3.18. The Morgan fingerprint density at radius 1 is 0.967 bits per heavy atom. The Morgan fingerprint density at radius 2 is 1.60 bits per heavy atom. The van der Waals surface area contributed by atoms with Crippen molar-refractivity contribution in [2.24, 2.45) is 0 Å². The van der Waals surface area contributed by atoms with Crippen molar-refractivity contribution in [1.82, 2.24) is 0 Å². The zero-order valence-electron chi connectivity index (χ0n) is 17.4. The summed E-state index contributed by atoms with van der Waals surface area (Å²) in [5.74, 6) is 0.437. The van der Waals surface area contributed by atoms with E-state index in [2.05, 4.69) is 81.4 Å². The highest BCUT2D eigenvalue weighted by Crippen LogP contribution is 2.54. The van der Waals surface area contributed by atoms with Crippen LogP contribution in [0, 0.1) is 29.6 Å². The van der Waals surface area contributed by atoms with Crippen LogP contribution in [0.1, 0.15) is 58.4 Å². The lowest BCUT2D eigenvalue weighted by Gasteiger charge is -2.16. The number of benzene rings is 3. The Morgan fingerprint density at radius 3 is 2.17 bits per heavy atom. The summed E-state index contributed by atoms with van der Waals surface area (Å²) < 4.78 is 0. The van der Waals surface area contributed by atoms with Gasteiger partial charge in [-0.25, -0.2) is 0 Å². The van der Waals surface area contributed by atoms with Gasteiger partial charge in [0.15, 0.2) is 0 Å². The van der Waals surface area contributed by atoms with Gasteiger partial charge in [0.05, 0.1) is 16.8 Å². The number of nitrogens with two attached hydrogens (primary N) is 1. The van der Waals surface area contributed by atoms with Crippen molar-refractivity contribution in [3.05, 3.63) is 81.9 Å². The molecule has 1 heterocycles. The number of nitrogen functional groups attached to an aromatic ring is 1. The molecule has 2 N–H and O–H groups in total. The van der Waals surface area contributed by atoms with Crippen LogP contribution in [0.25, 0.3) is 11.1 Å². The summed E-state index contributed by atoms with van der Waals surface area (Å²) in [6.45, 7) is 6.40. The highest BCUT2D eigenvalue weighted by atomic mass is 32.2. The maximum atomic E-state index is 9.92. The largest absolute Gasteiger partial charge is 0.397 e. The third-order valence-corrected chi connectivity index (χ3v) is 7.19. The molecule has 4 heteroatoms. The number of hydrogen-bond donors (Lipinski definition) is 1. The standard InChI is InChI=1S/C26H23N3S/c1-15(2)17-8-10-19(11-9-17)24-22(14-28)25(29)21(13-27)20-12-23(30-26(20)24)18-6-4-16(3)5-7-18/h4-11,15,23H,12,29H2,1-3H3. The van der Waals surface area contributed by atoms with Gasteiger partial charge in [-0.2, -0.15) is 10.5 Å². The molecule has 0 aliphatic carbocycles. The first-order chi connectivity index (χ1) is 14.4. The van der Waals surface area contributed by atoms with Crippen LogP contribution in [0.2, 0.25) is 0 Å². The molecule has 1 aliphatic rings. The number of thioether (sulfide) groups is 1. The van der Waals surface area contributed by atoms with Crippen molar-refractivity contribution < 1.29 is 0 Å². The molecule has 0 bridgehead atoms. The maximum absolute atomic E-state index is 9.92. The number of hydrogen-bond acceptors (Lipinski definition) is 4. The average molecular weight is 410 g/mol. The Kier molecular flexibility index (Phi) is 5.29. The van der Waals surface area contributed by atoms with Gasteiger partial charge in [-0.05, 0) is 41.5 Å². The van der Waals surface area contributed by atoms with Crippen LogP contribution >= 0.6 is 11.8 Å². The van der Waals surface area contributed by atoms with E-state index >= 15 is 0 Å². The Labute approximate surface area is 182 Å². The van der Waals surface area contributed by atoms with Crippen LogP contribution in [0.3, 0.4) is 0 Å². The summed E-state index contributed by atoms with van der Waals surface area (Å²) in [6, 6.07) is 21.4. The molecular weight excluding hydrogens is 386 g/mol. The van der Waals surface area contributed by atoms with Gasteiger partial charge in [-0.15, -0.1) is 11.8 Å². The van der Waals surface area contributed by atoms with Gasteiger partial charge >= 0.3 is 0 Å². The zero-order chi connectivity index (χ0) is 21.4. The van der Waals surface area contributed by atoms with Gasteiger partial charge in [-0.1, -0.05) is 67.9 Å². The smallest absolute Gasteiger partial charge is 0.102 e. The molecule has 4 rings (SSSR count). The predicted molar refractivity (Wildman–Crippen MR) is 123 cm³/mol. The molecule has 30 heavy (non-hydrogen) atoms. The minimum absolute atomic E-state index is 0.203. The van der Waals surface area contributed by atoms with Crippen LogP contribution in [0.4, 0.5) is 5.69 Å². The van der Waals surface area contributed by atoms with E-state index in [0.717, 1.165) is 28.0 Å². The van der Waals surface area contributed by atoms with E-state index in [0.29, 0.717) is 22.7 Å². The Bertz CT molecular complexity index is 1190. The molecule has 1 aliphatic heterocycles. The second-order valence-corrected chi connectivity index (χ2v) is 9.28. The second-order valence-electron chi connectivity index (χ2n) is 8.07. The number of aryl methyl sites for hydroxylation is 1. The van der Waals surface area contributed by atoms with E-state index in [9.17, 15) is 10.5 Å². The molecule has 0 saturated carbocycles. The van der Waals surface area contributed by atoms with Gasteiger partial charge in [0, 0.05) is 15.7 Å². The number of nitriles is 2. The number of rotatable bonds is 3. The fraction of sp³-hybridized carbons (Fsp3) is 0.231. The quantitative estimate of drug-likeness (QED) is 0.501. The minimum Gasteiger partial charge on any atom is -0.397 e. The molecule has 3 aromatic rings. The Balaban J connectivity index is 1.89. The molecule has 1 unspecified atom stereocenters. The van der Waals surface area contributed by atoms with Crippen molar-refractivity contribution in [2.75, 3.05) is 5.73 Å². The van der Waals surface area contributed by atoms with Crippen molar-refractivity contribution in [3.8, 4) is 23.3 Å². The molecule has 0 amide bonds. The van der Waals surface area contributed by atoms with Crippen molar-refractivity contribution in [3.63, 3.8) is 0 Å². The third-order valence-electron chi connectivity index (χ3n) is 5.78. The number of anilines is 1. The molecule has 0 fully saturated rings. The Hall–Kier alpha value is -3.21. The van der Waals surface area contributed by atoms with Gasteiger partial charge in [0.25, 0.3) is 0 Å². The van der Waals surface area contributed by atoms with Gasteiger partial charge < -0.3 is 5.73 Å². The van der Waals surface area contributed by atoms with Crippen LogP contribution in [0.5, 0.6) is 0 Å². The first-order valence-electron chi connectivity index (χ1n) is 10.1. The molecule has 3 nitrogen and oxygen atoms in total. The molecule has 148 valence electrons. The van der Waals surface area contributed by atoms with Gasteiger partial charge in [0.1, 0.15) is 12.1 Å². The summed E-state index contributed by atoms with van der Waals surface area (Å²) in [5, 5.41) is 19.9. The minimum atomic E-state index is 0.203. The lowest BCUT2D eigenvalue weighted by molar-refractivity contribution is 0.867. The summed E-state index contributed by atoms with van der Waals surface area (Å²) in [4.78, 5) is 1.01. The first-order valence-corrected chi connectivity index (χ1v) is 10.9. The van der Waals surface area contributed by atoms with Crippen LogP contribution < -0.4 is 5.73 Å². The predicted octanol–water partition coefficient (Wildman–Crippen LogP) is 6.50. The van der Waals surface area contributed by atoms with Gasteiger partial charge in [0.2, 0.25) is 0 Å². The number of fused-ring (bicyclic) bond motifs is 1. The van der Waals surface area contributed by atoms with Crippen LogP contribution in [0.15, 0.2) is 53.4 Å². The van der Waals surface area contributed by atoms with E-state index < -0.39 is 0 Å². The second kappa shape index (κ2) is 7.90. The third kappa shape index (κ3) is 3.34. The molecule has 1 atom stereocenters. The fourth-order valence-corrected chi connectivity index (χ4v) is 5.51. The maximum Gasteiger partial charge on any atom is 0.102 e. The summed E-state index contributed by atoms with van der Waals surface area (Å²) >= 11 is 1.74. The lowest BCUT2D eigenvalue weighted by atomic mass is 9.89. The van der Waals surface area contributed by atoms with Crippen molar-refractivity contribution >= 4 is 17.4 Å². The SMILES string of the molecule is Cc1ccc(C2Cc3c(C#N)c(N)c(C#N)c(-c4ccc(C(C)C)cc4)c3S2)cc1. The lowest BCUT2D eigenvalue weighted by Crippen LogP contribution is -2.03. The highest BCUT2D eigenvalue weighted by molar-refractivity contribution is 8.00. The monoisotopic (exact) mass is 409 g/mol. The van der Waals surface area contributed by atoms with Crippen molar-refractivity contribution in [1.29, 1.82) is 10.5 Å². The molecule has 0 saturated heterocycles. The van der Waals surface area contributed by atoms with E-state index in [-0.39, 0.29) is 5.25 Å². The molecule has 3 aromatic carbocycles. The molecule has 0 aromatic heterocycles. The highest BCUT2D eigenvalue weighted by Gasteiger charge is 2.32. The van der Waals surface area contributed by atoms with Crippen LogP contribution in [-0.4, -0.2) is 0 Å². The molecular formula is C26H23N3S. The summed E-state index contributed by atoms with van der Waals surface area (Å²) in [6.07, 6.45) is 0.735. The van der Waals surface area contributed by atoms with Crippen molar-refractivity contribution in [2.45, 2.75) is 43.3 Å². The van der Waals surface area contributed by atoms with E-state index in [1.807, 2.05) is 0 Å². The normalized spacial score (nSPS) is 14.9. The summed E-state index contributed by atoms with van der Waals surface area (Å²) in [5.41, 5.74) is 14.0. The van der Waals surface area contributed by atoms with Crippen LogP contribution in [-0.2, 0) is 6.42 Å². The van der Waals surface area contributed by atoms with E-state index in [1.54, 1.807) is 11.8 Å². The number of nitrogens with zero attached hydrogens (tertiary/aromatic N) is 2. The summed E-state index contributed by atoms with van der Waals surface area (Å²) in [7, 11) is 0. The topological polar surface area (TPSA) is 73.6 Å². The fourth-order valence-electron chi connectivity index (χ4n) is 4.02. The zero-order valence-corrected chi connectivity index (χ0v) is 18.2. The first kappa shape index (κ1) is 20.1. The molecule has 0 radical (unpaired) electrons.